The number of anilines is 2. The summed E-state index contributed by atoms with van der Waals surface area (Å²) < 4.78 is 6.17. The van der Waals surface area contributed by atoms with Crippen LogP contribution in [0, 0.1) is 6.92 Å². The molecule has 2 aromatic carbocycles. The number of halogens is 1. The molecule has 3 rings (SSSR count). The normalized spacial score (nSPS) is 10.6. The topological polar surface area (TPSA) is 63.2 Å². The summed E-state index contributed by atoms with van der Waals surface area (Å²) in [5.41, 5.74) is 2.29. The second-order valence-corrected chi connectivity index (χ2v) is 6.26. The number of para-hydroxylation sites is 2. The molecule has 23 heavy (non-hydrogen) atoms. The molecule has 3 aromatic rings. The summed E-state index contributed by atoms with van der Waals surface area (Å²) in [6, 6.07) is 10.5. The Labute approximate surface area is 142 Å². The minimum absolute atomic E-state index is 0.377. The van der Waals surface area contributed by atoms with Gasteiger partial charge < -0.3 is 10.1 Å². The second-order valence-electron chi connectivity index (χ2n) is 4.82. The van der Waals surface area contributed by atoms with Gasteiger partial charge in [0.1, 0.15) is 5.75 Å². The quantitative estimate of drug-likeness (QED) is 0.707. The molecule has 0 saturated carbocycles. The van der Waals surface area contributed by atoms with Crippen LogP contribution in [0.2, 0.25) is 5.02 Å². The Morgan fingerprint density at radius 3 is 2.78 bits per heavy atom. The molecule has 0 aliphatic carbocycles. The summed E-state index contributed by atoms with van der Waals surface area (Å²) in [4.78, 5) is 16.6. The van der Waals surface area contributed by atoms with E-state index < -0.39 is 0 Å². The second kappa shape index (κ2) is 6.44. The number of methoxy groups -OCH3 is 1. The minimum atomic E-state index is -0.377. The predicted octanol–water partition coefficient (Wildman–Crippen LogP) is 4.91. The van der Waals surface area contributed by atoms with Crippen molar-refractivity contribution in [3.8, 4) is 5.75 Å². The summed E-state index contributed by atoms with van der Waals surface area (Å²) in [7, 11) is 1.55. The number of carbonyl (C=O) groups excluding carboxylic acids is 1. The molecule has 0 aliphatic heterocycles. The van der Waals surface area contributed by atoms with Crippen LogP contribution in [0.25, 0.3) is 10.2 Å². The molecule has 118 valence electrons. The van der Waals surface area contributed by atoms with Gasteiger partial charge in [-0.15, -0.1) is 0 Å². The Bertz CT molecular complexity index is 879. The number of nitrogens with one attached hydrogen (secondary N) is 2. The number of aromatic nitrogens is 1. The van der Waals surface area contributed by atoms with Gasteiger partial charge in [0.25, 0.3) is 0 Å². The number of benzene rings is 2. The SMILES string of the molecule is COc1ccccc1NC(=O)Nc1nc2c(C)c(Cl)ccc2s1. The van der Waals surface area contributed by atoms with Crippen LogP contribution in [0.5, 0.6) is 5.75 Å². The summed E-state index contributed by atoms with van der Waals surface area (Å²) in [6.45, 7) is 1.91. The third-order valence-corrected chi connectivity index (χ3v) is 4.67. The van der Waals surface area contributed by atoms with Crippen molar-refractivity contribution in [1.29, 1.82) is 0 Å². The highest BCUT2D eigenvalue weighted by atomic mass is 35.5. The monoisotopic (exact) mass is 347 g/mol. The Morgan fingerprint density at radius 2 is 2.00 bits per heavy atom. The lowest BCUT2D eigenvalue weighted by atomic mass is 10.2. The van der Waals surface area contributed by atoms with E-state index in [1.54, 1.807) is 19.2 Å². The number of hydrogen-bond acceptors (Lipinski definition) is 4. The molecule has 2 N–H and O–H groups in total. The first-order chi connectivity index (χ1) is 11.1. The number of ether oxygens (including phenoxy) is 1. The number of aryl methyl sites for hydroxylation is 1. The highest BCUT2D eigenvalue weighted by Gasteiger charge is 2.12. The molecular formula is C16H14ClN3O2S. The molecule has 5 nitrogen and oxygen atoms in total. The highest BCUT2D eigenvalue weighted by molar-refractivity contribution is 7.22. The number of amides is 2. The number of carbonyl (C=O) groups is 1. The van der Waals surface area contributed by atoms with Gasteiger partial charge in [0, 0.05) is 5.02 Å². The fraction of sp³-hybridized carbons (Fsp3) is 0.125. The Kier molecular flexibility index (Phi) is 4.36. The molecule has 1 heterocycles. The molecule has 0 atom stereocenters. The average molecular weight is 348 g/mol. The van der Waals surface area contributed by atoms with Gasteiger partial charge >= 0.3 is 6.03 Å². The Morgan fingerprint density at radius 1 is 1.22 bits per heavy atom. The van der Waals surface area contributed by atoms with Crippen LogP contribution in [-0.4, -0.2) is 18.1 Å². The Balaban J connectivity index is 1.79. The molecule has 7 heteroatoms. The van der Waals surface area contributed by atoms with Crippen molar-refractivity contribution >= 4 is 50.0 Å². The van der Waals surface area contributed by atoms with Gasteiger partial charge in [-0.05, 0) is 36.8 Å². The van der Waals surface area contributed by atoms with Gasteiger partial charge in [-0.1, -0.05) is 35.1 Å². The number of nitrogens with zero attached hydrogens (tertiary/aromatic N) is 1. The van der Waals surface area contributed by atoms with Crippen LogP contribution in [0.1, 0.15) is 5.56 Å². The minimum Gasteiger partial charge on any atom is -0.495 e. The summed E-state index contributed by atoms with van der Waals surface area (Å²) in [5, 5.41) is 6.65. The van der Waals surface area contributed by atoms with E-state index in [0.29, 0.717) is 21.6 Å². The summed E-state index contributed by atoms with van der Waals surface area (Å²) >= 11 is 7.49. The van der Waals surface area contributed by atoms with Crippen molar-refractivity contribution in [2.24, 2.45) is 0 Å². The van der Waals surface area contributed by atoms with Crippen LogP contribution < -0.4 is 15.4 Å². The number of thiazole rings is 1. The zero-order chi connectivity index (χ0) is 16.4. The average Bonchev–Trinajstić information content (AvgIpc) is 2.95. The number of hydrogen-bond donors (Lipinski definition) is 2. The standard InChI is InChI=1S/C16H14ClN3O2S/c1-9-10(17)7-8-13-14(9)19-16(23-13)20-15(21)18-11-5-3-4-6-12(11)22-2/h3-8H,1-2H3,(H2,18,19,20,21). The van der Waals surface area contributed by atoms with Gasteiger partial charge in [0.2, 0.25) is 0 Å². The van der Waals surface area contributed by atoms with Gasteiger partial charge in [-0.2, -0.15) is 0 Å². The van der Waals surface area contributed by atoms with E-state index in [4.69, 9.17) is 16.3 Å². The third-order valence-electron chi connectivity index (χ3n) is 3.32. The largest absolute Gasteiger partial charge is 0.495 e. The van der Waals surface area contributed by atoms with Crippen LogP contribution in [0.3, 0.4) is 0 Å². The molecule has 0 unspecified atom stereocenters. The van der Waals surface area contributed by atoms with Crippen LogP contribution in [0.15, 0.2) is 36.4 Å². The van der Waals surface area contributed by atoms with Crippen LogP contribution in [0.4, 0.5) is 15.6 Å². The van der Waals surface area contributed by atoms with Crippen molar-refractivity contribution in [2.75, 3.05) is 17.7 Å². The van der Waals surface area contributed by atoms with E-state index in [1.807, 2.05) is 31.2 Å². The molecule has 0 bridgehead atoms. The van der Waals surface area contributed by atoms with Crippen LogP contribution in [-0.2, 0) is 0 Å². The molecule has 0 saturated heterocycles. The fourth-order valence-corrected chi connectivity index (χ4v) is 3.23. The zero-order valence-electron chi connectivity index (χ0n) is 12.5. The van der Waals surface area contributed by atoms with Gasteiger partial charge in [-0.3, -0.25) is 5.32 Å². The van der Waals surface area contributed by atoms with Crippen molar-refractivity contribution in [2.45, 2.75) is 6.92 Å². The lowest BCUT2D eigenvalue weighted by Crippen LogP contribution is -2.19. The van der Waals surface area contributed by atoms with Crippen molar-refractivity contribution in [3.63, 3.8) is 0 Å². The molecule has 0 spiro atoms. The van der Waals surface area contributed by atoms with Crippen LogP contribution >= 0.6 is 22.9 Å². The first-order valence-electron chi connectivity index (χ1n) is 6.85. The molecule has 2 amide bonds. The molecule has 0 radical (unpaired) electrons. The maximum atomic E-state index is 12.1. The van der Waals surface area contributed by atoms with Crippen molar-refractivity contribution in [3.05, 3.63) is 47.0 Å². The van der Waals surface area contributed by atoms with Crippen molar-refractivity contribution in [1.82, 2.24) is 4.98 Å². The highest BCUT2D eigenvalue weighted by Crippen LogP contribution is 2.32. The van der Waals surface area contributed by atoms with Crippen molar-refractivity contribution < 1.29 is 9.53 Å². The van der Waals surface area contributed by atoms with E-state index in [0.717, 1.165) is 15.8 Å². The van der Waals surface area contributed by atoms with E-state index in [1.165, 1.54) is 11.3 Å². The van der Waals surface area contributed by atoms with Gasteiger partial charge in [0.05, 0.1) is 23.0 Å². The van der Waals surface area contributed by atoms with Gasteiger partial charge in [0.15, 0.2) is 5.13 Å². The lowest BCUT2D eigenvalue weighted by molar-refractivity contribution is 0.262. The smallest absolute Gasteiger partial charge is 0.325 e. The van der Waals surface area contributed by atoms with E-state index in [-0.39, 0.29) is 6.03 Å². The van der Waals surface area contributed by atoms with E-state index in [2.05, 4.69) is 15.6 Å². The number of fused-ring (bicyclic) bond motifs is 1. The van der Waals surface area contributed by atoms with Gasteiger partial charge in [-0.25, -0.2) is 9.78 Å². The van der Waals surface area contributed by atoms with E-state index >= 15 is 0 Å². The first kappa shape index (κ1) is 15.6. The number of urea groups is 1. The van der Waals surface area contributed by atoms with E-state index in [9.17, 15) is 4.79 Å². The summed E-state index contributed by atoms with van der Waals surface area (Å²) in [6.07, 6.45) is 0. The number of rotatable bonds is 3. The predicted molar refractivity (Wildman–Crippen MR) is 95.0 cm³/mol. The molecule has 1 aromatic heterocycles. The lowest BCUT2D eigenvalue weighted by Gasteiger charge is -2.09. The first-order valence-corrected chi connectivity index (χ1v) is 8.04. The molecule has 0 aliphatic rings. The third kappa shape index (κ3) is 3.23. The maximum Gasteiger partial charge on any atom is 0.325 e. The summed E-state index contributed by atoms with van der Waals surface area (Å²) in [5.74, 6) is 0.592. The fourth-order valence-electron chi connectivity index (χ4n) is 2.15. The Hall–Kier alpha value is -2.31. The molecule has 0 fully saturated rings. The zero-order valence-corrected chi connectivity index (χ0v) is 14.1. The maximum absolute atomic E-state index is 12.1. The molecular weight excluding hydrogens is 334 g/mol.